The maximum Gasteiger partial charge on any atom is 0.123 e. The molecule has 0 radical (unpaired) electrons. The van der Waals surface area contributed by atoms with E-state index in [4.69, 9.17) is 11.2 Å². The Labute approximate surface area is 107 Å². The predicted molar refractivity (Wildman–Crippen MR) is 68.8 cm³/mol. The van der Waals surface area contributed by atoms with Gasteiger partial charge < -0.3 is 15.2 Å². The molecule has 0 aliphatic heterocycles. The average Bonchev–Trinajstić information content (AvgIpc) is 2.38. The molecule has 0 aliphatic rings. The highest BCUT2D eigenvalue weighted by Crippen LogP contribution is 2.11. The number of nitrogens with one attached hydrogen (secondary N) is 1. The zero-order valence-corrected chi connectivity index (χ0v) is 10.2. The number of hydrogen-bond acceptors (Lipinski definition) is 3. The van der Waals surface area contributed by atoms with Gasteiger partial charge in [0.05, 0.1) is 0 Å². The quantitative estimate of drug-likeness (QED) is 0.544. The van der Waals surface area contributed by atoms with Gasteiger partial charge in [-0.05, 0) is 37.2 Å². The Morgan fingerprint density at radius 2 is 2.11 bits per heavy atom. The minimum Gasteiger partial charge on any atom is -0.491 e. The Morgan fingerprint density at radius 1 is 1.39 bits per heavy atom. The molecular formula is C14H18FNO2. The maximum atomic E-state index is 12.6. The van der Waals surface area contributed by atoms with Crippen LogP contribution in [0.5, 0.6) is 5.75 Å². The molecule has 1 aromatic carbocycles. The van der Waals surface area contributed by atoms with Gasteiger partial charge in [-0.25, -0.2) is 4.39 Å². The SMILES string of the molecule is C#CCCCNCC(O)COc1ccc(F)cc1. The molecule has 0 fully saturated rings. The van der Waals surface area contributed by atoms with Gasteiger partial charge in [-0.2, -0.15) is 0 Å². The van der Waals surface area contributed by atoms with Crippen LogP contribution in [0.2, 0.25) is 0 Å². The van der Waals surface area contributed by atoms with Crippen molar-refractivity contribution in [2.24, 2.45) is 0 Å². The van der Waals surface area contributed by atoms with Crippen LogP contribution < -0.4 is 10.1 Å². The lowest BCUT2D eigenvalue weighted by atomic mass is 10.3. The van der Waals surface area contributed by atoms with Crippen LogP contribution in [0.15, 0.2) is 24.3 Å². The van der Waals surface area contributed by atoms with Crippen molar-refractivity contribution in [3.63, 3.8) is 0 Å². The summed E-state index contributed by atoms with van der Waals surface area (Å²) >= 11 is 0. The summed E-state index contributed by atoms with van der Waals surface area (Å²) < 4.78 is 17.9. The molecule has 0 amide bonds. The molecule has 4 heteroatoms. The topological polar surface area (TPSA) is 41.5 Å². The Hall–Kier alpha value is -1.57. The van der Waals surface area contributed by atoms with E-state index in [-0.39, 0.29) is 12.4 Å². The van der Waals surface area contributed by atoms with Gasteiger partial charge in [-0.1, -0.05) is 0 Å². The summed E-state index contributed by atoms with van der Waals surface area (Å²) in [6.07, 6.45) is 6.15. The van der Waals surface area contributed by atoms with Crippen LogP contribution >= 0.6 is 0 Å². The molecule has 0 aromatic heterocycles. The van der Waals surface area contributed by atoms with E-state index < -0.39 is 6.10 Å². The van der Waals surface area contributed by atoms with E-state index in [1.165, 1.54) is 24.3 Å². The Morgan fingerprint density at radius 3 is 2.78 bits per heavy atom. The third-order valence-corrected chi connectivity index (χ3v) is 2.31. The fraction of sp³-hybridized carbons (Fsp3) is 0.429. The van der Waals surface area contributed by atoms with Crippen LogP contribution in [0.3, 0.4) is 0 Å². The Kier molecular flexibility index (Phi) is 6.85. The largest absolute Gasteiger partial charge is 0.491 e. The van der Waals surface area contributed by atoms with Crippen molar-refractivity contribution in [1.82, 2.24) is 5.32 Å². The van der Waals surface area contributed by atoms with Crippen LogP contribution in [0, 0.1) is 18.2 Å². The Balaban J connectivity index is 2.11. The van der Waals surface area contributed by atoms with Gasteiger partial charge >= 0.3 is 0 Å². The van der Waals surface area contributed by atoms with Crippen molar-refractivity contribution in [3.05, 3.63) is 30.1 Å². The van der Waals surface area contributed by atoms with E-state index in [9.17, 15) is 9.50 Å². The summed E-state index contributed by atoms with van der Waals surface area (Å²) in [5.74, 6) is 2.79. The molecule has 2 N–H and O–H groups in total. The van der Waals surface area contributed by atoms with Gasteiger partial charge in [0.1, 0.15) is 24.3 Å². The van der Waals surface area contributed by atoms with Crippen molar-refractivity contribution in [2.75, 3.05) is 19.7 Å². The number of unbranched alkanes of at least 4 members (excludes halogenated alkanes) is 1. The van der Waals surface area contributed by atoms with Crippen LogP contribution in [0.1, 0.15) is 12.8 Å². The number of aliphatic hydroxyl groups is 1. The summed E-state index contributed by atoms with van der Waals surface area (Å²) in [5, 5.41) is 12.7. The van der Waals surface area contributed by atoms with Crippen LogP contribution in [0.4, 0.5) is 4.39 Å². The fourth-order valence-electron chi connectivity index (χ4n) is 1.37. The first kappa shape index (κ1) is 14.5. The number of benzene rings is 1. The molecule has 0 aliphatic carbocycles. The minimum absolute atomic E-state index is 0.174. The van der Waals surface area contributed by atoms with Gasteiger partial charge in [-0.3, -0.25) is 0 Å². The van der Waals surface area contributed by atoms with Crippen molar-refractivity contribution in [1.29, 1.82) is 0 Å². The van der Waals surface area contributed by atoms with E-state index in [0.29, 0.717) is 12.3 Å². The molecule has 1 unspecified atom stereocenters. The molecule has 1 atom stereocenters. The maximum absolute atomic E-state index is 12.6. The molecule has 98 valence electrons. The minimum atomic E-state index is -0.596. The van der Waals surface area contributed by atoms with Crippen molar-refractivity contribution < 1.29 is 14.2 Å². The summed E-state index contributed by atoms with van der Waals surface area (Å²) in [5.41, 5.74) is 0. The van der Waals surface area contributed by atoms with Gasteiger partial charge in [0.25, 0.3) is 0 Å². The lowest BCUT2D eigenvalue weighted by Gasteiger charge is -2.13. The van der Waals surface area contributed by atoms with E-state index in [1.54, 1.807) is 0 Å². The van der Waals surface area contributed by atoms with E-state index in [1.807, 2.05) is 0 Å². The molecule has 0 saturated carbocycles. The zero-order valence-electron chi connectivity index (χ0n) is 10.2. The van der Waals surface area contributed by atoms with Gasteiger partial charge in [-0.15, -0.1) is 12.3 Å². The molecule has 0 bridgehead atoms. The zero-order chi connectivity index (χ0) is 13.2. The fourth-order valence-corrected chi connectivity index (χ4v) is 1.37. The highest BCUT2D eigenvalue weighted by Gasteiger charge is 2.04. The normalized spacial score (nSPS) is 11.8. The van der Waals surface area contributed by atoms with Crippen molar-refractivity contribution in [2.45, 2.75) is 18.9 Å². The standard InChI is InChI=1S/C14H18FNO2/c1-2-3-4-9-16-10-13(17)11-18-14-7-5-12(15)6-8-14/h1,5-8,13,16-17H,3-4,9-11H2. The first-order valence-corrected chi connectivity index (χ1v) is 5.93. The summed E-state index contributed by atoms with van der Waals surface area (Å²) in [4.78, 5) is 0. The molecule has 1 aromatic rings. The number of hydrogen-bond donors (Lipinski definition) is 2. The van der Waals surface area contributed by atoms with Crippen molar-refractivity contribution >= 4 is 0 Å². The smallest absolute Gasteiger partial charge is 0.123 e. The van der Waals surface area contributed by atoms with Crippen LogP contribution in [0.25, 0.3) is 0 Å². The second-order valence-corrected chi connectivity index (χ2v) is 3.93. The first-order chi connectivity index (χ1) is 8.72. The van der Waals surface area contributed by atoms with Gasteiger partial charge in [0.15, 0.2) is 0 Å². The van der Waals surface area contributed by atoms with Crippen LogP contribution in [-0.2, 0) is 0 Å². The monoisotopic (exact) mass is 251 g/mol. The molecular weight excluding hydrogens is 233 g/mol. The molecule has 3 nitrogen and oxygen atoms in total. The first-order valence-electron chi connectivity index (χ1n) is 5.93. The summed E-state index contributed by atoms with van der Waals surface area (Å²) in [6.45, 7) is 1.40. The van der Waals surface area contributed by atoms with Crippen LogP contribution in [-0.4, -0.2) is 30.9 Å². The van der Waals surface area contributed by atoms with E-state index >= 15 is 0 Å². The number of halogens is 1. The lowest BCUT2D eigenvalue weighted by Crippen LogP contribution is -2.31. The molecule has 0 spiro atoms. The predicted octanol–water partition coefficient (Wildman–Crippen LogP) is 1.57. The number of ether oxygens (including phenoxy) is 1. The summed E-state index contributed by atoms with van der Waals surface area (Å²) in [6, 6.07) is 5.70. The second kappa shape index (κ2) is 8.51. The summed E-state index contributed by atoms with van der Waals surface area (Å²) in [7, 11) is 0. The van der Waals surface area contributed by atoms with Crippen molar-refractivity contribution in [3.8, 4) is 18.1 Å². The molecule has 0 saturated heterocycles. The van der Waals surface area contributed by atoms with Gasteiger partial charge in [0.2, 0.25) is 0 Å². The van der Waals surface area contributed by atoms with E-state index in [0.717, 1.165) is 19.4 Å². The number of rotatable bonds is 8. The highest BCUT2D eigenvalue weighted by molar-refractivity contribution is 5.22. The Bertz CT molecular complexity index is 372. The molecule has 0 heterocycles. The number of terminal acetylenes is 1. The molecule has 18 heavy (non-hydrogen) atoms. The van der Waals surface area contributed by atoms with E-state index in [2.05, 4.69) is 11.2 Å². The third kappa shape index (κ3) is 6.24. The third-order valence-electron chi connectivity index (χ3n) is 2.31. The lowest BCUT2D eigenvalue weighted by molar-refractivity contribution is 0.106. The highest BCUT2D eigenvalue weighted by atomic mass is 19.1. The van der Waals surface area contributed by atoms with Gasteiger partial charge in [0, 0.05) is 13.0 Å². The number of aliphatic hydroxyl groups excluding tert-OH is 1. The molecule has 1 rings (SSSR count). The second-order valence-electron chi connectivity index (χ2n) is 3.93. The average molecular weight is 251 g/mol.